The number of hydrogen-bond acceptors (Lipinski definition) is 5. The SMILES string of the molecule is O=C(CN1CCC[C@@H]1c1ccc2c(c1)OCO2)NCc1ccco1. The molecule has 24 heavy (non-hydrogen) atoms. The zero-order valence-corrected chi connectivity index (χ0v) is 13.4. The number of carbonyl (C=O) groups is 1. The molecule has 0 bridgehead atoms. The van der Waals surface area contributed by atoms with Crippen LogP contribution in [-0.2, 0) is 11.3 Å². The first-order valence-electron chi connectivity index (χ1n) is 8.22. The molecule has 0 spiro atoms. The van der Waals surface area contributed by atoms with Crippen LogP contribution in [0.1, 0.15) is 30.2 Å². The number of likely N-dealkylation sites (tertiary alicyclic amines) is 1. The summed E-state index contributed by atoms with van der Waals surface area (Å²) in [6.07, 6.45) is 3.74. The van der Waals surface area contributed by atoms with Crippen molar-refractivity contribution in [3.8, 4) is 11.5 Å². The van der Waals surface area contributed by atoms with E-state index in [1.807, 2.05) is 24.3 Å². The first-order valence-corrected chi connectivity index (χ1v) is 8.22. The Labute approximate surface area is 140 Å². The van der Waals surface area contributed by atoms with Crippen LogP contribution in [-0.4, -0.2) is 30.7 Å². The van der Waals surface area contributed by atoms with E-state index in [1.54, 1.807) is 6.26 Å². The molecule has 4 rings (SSSR count). The van der Waals surface area contributed by atoms with Gasteiger partial charge in [-0.15, -0.1) is 0 Å². The Morgan fingerprint density at radius 1 is 1.25 bits per heavy atom. The number of hydrogen-bond donors (Lipinski definition) is 1. The van der Waals surface area contributed by atoms with Crippen molar-refractivity contribution in [1.82, 2.24) is 10.2 Å². The highest BCUT2D eigenvalue weighted by molar-refractivity contribution is 5.78. The summed E-state index contributed by atoms with van der Waals surface area (Å²) in [6, 6.07) is 9.96. The third-order valence-electron chi connectivity index (χ3n) is 4.53. The minimum atomic E-state index is 0.0130. The van der Waals surface area contributed by atoms with Crippen molar-refractivity contribution in [3.63, 3.8) is 0 Å². The van der Waals surface area contributed by atoms with Gasteiger partial charge in [0.2, 0.25) is 12.7 Å². The Balaban J connectivity index is 1.38. The van der Waals surface area contributed by atoms with E-state index in [-0.39, 0.29) is 18.7 Å². The van der Waals surface area contributed by atoms with Gasteiger partial charge in [0.15, 0.2) is 11.5 Å². The lowest BCUT2D eigenvalue weighted by atomic mass is 10.0. The zero-order valence-electron chi connectivity index (χ0n) is 13.4. The highest BCUT2D eigenvalue weighted by atomic mass is 16.7. The average Bonchev–Trinajstić information content (AvgIpc) is 3.33. The fraction of sp³-hybridized carbons (Fsp3) is 0.389. The lowest BCUT2D eigenvalue weighted by Crippen LogP contribution is -2.36. The molecule has 1 N–H and O–H groups in total. The van der Waals surface area contributed by atoms with Gasteiger partial charge in [-0.05, 0) is 49.2 Å². The van der Waals surface area contributed by atoms with E-state index in [0.29, 0.717) is 13.1 Å². The second-order valence-corrected chi connectivity index (χ2v) is 6.10. The van der Waals surface area contributed by atoms with Crippen molar-refractivity contribution < 1.29 is 18.7 Å². The maximum Gasteiger partial charge on any atom is 0.234 e. The predicted molar refractivity (Wildman–Crippen MR) is 86.7 cm³/mol. The Morgan fingerprint density at radius 2 is 2.17 bits per heavy atom. The highest BCUT2D eigenvalue weighted by Gasteiger charge is 2.28. The summed E-state index contributed by atoms with van der Waals surface area (Å²) in [5.41, 5.74) is 1.18. The molecular weight excluding hydrogens is 308 g/mol. The van der Waals surface area contributed by atoms with E-state index in [0.717, 1.165) is 36.6 Å². The number of fused-ring (bicyclic) bond motifs is 1. The fourth-order valence-corrected chi connectivity index (χ4v) is 3.35. The second kappa shape index (κ2) is 6.57. The monoisotopic (exact) mass is 328 g/mol. The van der Waals surface area contributed by atoms with Crippen molar-refractivity contribution in [2.75, 3.05) is 19.9 Å². The molecule has 2 aromatic rings. The second-order valence-electron chi connectivity index (χ2n) is 6.10. The standard InChI is InChI=1S/C18H20N2O4/c21-18(19-10-14-3-2-8-22-14)11-20-7-1-4-15(20)13-5-6-16-17(9-13)24-12-23-16/h2-3,5-6,8-9,15H,1,4,7,10-12H2,(H,19,21)/t15-/m1/s1. The van der Waals surface area contributed by atoms with Crippen molar-refractivity contribution in [3.05, 3.63) is 47.9 Å². The van der Waals surface area contributed by atoms with Gasteiger partial charge in [0.25, 0.3) is 0 Å². The largest absolute Gasteiger partial charge is 0.467 e. The first-order chi connectivity index (χ1) is 11.8. The van der Waals surface area contributed by atoms with Crippen LogP contribution in [0.15, 0.2) is 41.0 Å². The van der Waals surface area contributed by atoms with E-state index in [1.165, 1.54) is 5.56 Å². The van der Waals surface area contributed by atoms with E-state index in [9.17, 15) is 4.79 Å². The Hall–Kier alpha value is -2.47. The molecule has 0 saturated carbocycles. The Morgan fingerprint density at radius 3 is 3.04 bits per heavy atom. The van der Waals surface area contributed by atoms with Crippen LogP contribution >= 0.6 is 0 Å². The molecule has 0 unspecified atom stereocenters. The van der Waals surface area contributed by atoms with Crippen LogP contribution < -0.4 is 14.8 Å². The van der Waals surface area contributed by atoms with Gasteiger partial charge in [-0.3, -0.25) is 9.69 Å². The third-order valence-corrected chi connectivity index (χ3v) is 4.53. The molecule has 1 amide bonds. The number of nitrogens with one attached hydrogen (secondary N) is 1. The molecule has 0 aliphatic carbocycles. The van der Waals surface area contributed by atoms with Gasteiger partial charge in [0.05, 0.1) is 19.4 Å². The molecule has 3 heterocycles. The van der Waals surface area contributed by atoms with E-state index >= 15 is 0 Å². The predicted octanol–water partition coefficient (Wildman–Crippen LogP) is 2.46. The topological polar surface area (TPSA) is 63.9 Å². The summed E-state index contributed by atoms with van der Waals surface area (Å²) in [7, 11) is 0. The number of ether oxygens (including phenoxy) is 2. The van der Waals surface area contributed by atoms with Gasteiger partial charge >= 0.3 is 0 Å². The molecule has 2 aliphatic heterocycles. The molecule has 6 nitrogen and oxygen atoms in total. The molecule has 1 aromatic carbocycles. The van der Waals surface area contributed by atoms with Gasteiger partial charge in [-0.2, -0.15) is 0 Å². The van der Waals surface area contributed by atoms with Gasteiger partial charge in [-0.1, -0.05) is 6.07 Å². The van der Waals surface area contributed by atoms with Crippen LogP contribution in [0.2, 0.25) is 0 Å². The quantitative estimate of drug-likeness (QED) is 0.913. The number of carbonyl (C=O) groups excluding carboxylic acids is 1. The fourth-order valence-electron chi connectivity index (χ4n) is 3.35. The molecular formula is C18H20N2O4. The summed E-state index contributed by atoms with van der Waals surface area (Å²) in [5, 5.41) is 2.91. The summed E-state index contributed by atoms with van der Waals surface area (Å²) in [5.74, 6) is 2.36. The molecule has 0 radical (unpaired) electrons. The molecule has 6 heteroatoms. The number of benzene rings is 1. The maximum absolute atomic E-state index is 12.2. The summed E-state index contributed by atoms with van der Waals surface area (Å²) >= 11 is 0. The van der Waals surface area contributed by atoms with Crippen molar-refractivity contribution in [2.45, 2.75) is 25.4 Å². The van der Waals surface area contributed by atoms with Gasteiger partial charge in [0.1, 0.15) is 5.76 Å². The lowest BCUT2D eigenvalue weighted by molar-refractivity contribution is -0.122. The van der Waals surface area contributed by atoms with E-state index in [2.05, 4.69) is 16.3 Å². The average molecular weight is 328 g/mol. The van der Waals surface area contributed by atoms with E-state index in [4.69, 9.17) is 13.9 Å². The zero-order chi connectivity index (χ0) is 16.4. The molecule has 1 fully saturated rings. The summed E-state index contributed by atoms with van der Waals surface area (Å²) in [6.45, 7) is 2.02. The summed E-state index contributed by atoms with van der Waals surface area (Å²) < 4.78 is 16.1. The van der Waals surface area contributed by atoms with Crippen LogP contribution in [0.25, 0.3) is 0 Å². The molecule has 1 atom stereocenters. The number of furan rings is 1. The van der Waals surface area contributed by atoms with Gasteiger partial charge < -0.3 is 19.2 Å². The van der Waals surface area contributed by atoms with Gasteiger partial charge in [0, 0.05) is 6.04 Å². The minimum Gasteiger partial charge on any atom is -0.467 e. The molecule has 2 aliphatic rings. The lowest BCUT2D eigenvalue weighted by Gasteiger charge is -2.24. The molecule has 1 saturated heterocycles. The number of rotatable bonds is 5. The van der Waals surface area contributed by atoms with Gasteiger partial charge in [-0.25, -0.2) is 0 Å². The molecule has 1 aromatic heterocycles. The minimum absolute atomic E-state index is 0.0130. The number of amides is 1. The van der Waals surface area contributed by atoms with Crippen LogP contribution in [0.4, 0.5) is 0 Å². The third kappa shape index (κ3) is 3.10. The van der Waals surface area contributed by atoms with Crippen LogP contribution in [0.5, 0.6) is 11.5 Å². The summed E-state index contributed by atoms with van der Waals surface area (Å²) in [4.78, 5) is 14.4. The first kappa shape index (κ1) is 15.1. The Kier molecular flexibility index (Phi) is 4.13. The van der Waals surface area contributed by atoms with Crippen molar-refractivity contribution in [2.24, 2.45) is 0 Å². The number of nitrogens with zero attached hydrogens (tertiary/aromatic N) is 1. The van der Waals surface area contributed by atoms with Crippen LogP contribution in [0.3, 0.4) is 0 Å². The van der Waals surface area contributed by atoms with Crippen LogP contribution in [0, 0.1) is 0 Å². The highest BCUT2D eigenvalue weighted by Crippen LogP contribution is 2.38. The normalized spacial score (nSPS) is 19.6. The van der Waals surface area contributed by atoms with Crippen molar-refractivity contribution >= 4 is 5.91 Å². The van der Waals surface area contributed by atoms with Crippen molar-refractivity contribution in [1.29, 1.82) is 0 Å². The Bertz CT molecular complexity index is 714. The maximum atomic E-state index is 12.2. The molecule has 126 valence electrons. The smallest absolute Gasteiger partial charge is 0.234 e. The van der Waals surface area contributed by atoms with E-state index < -0.39 is 0 Å².